The molecule has 2 saturated heterocycles. The molecule has 0 atom stereocenters. The first-order chi connectivity index (χ1) is 12.3. The van der Waals surface area contributed by atoms with E-state index >= 15 is 0 Å². The molecule has 4 heterocycles. The van der Waals surface area contributed by atoms with Gasteiger partial charge in [0.1, 0.15) is 5.82 Å². The largest absolute Gasteiger partial charge is 0.381 e. The quantitative estimate of drug-likeness (QED) is 0.845. The number of hydrogen-bond acceptors (Lipinski definition) is 7. The molecule has 0 bridgehead atoms. The van der Waals surface area contributed by atoms with E-state index in [1.54, 1.807) is 0 Å². The molecular formula is C18H25N5O2. The van der Waals surface area contributed by atoms with Crippen molar-refractivity contribution in [1.82, 2.24) is 20.0 Å². The molecule has 0 spiro atoms. The zero-order valence-corrected chi connectivity index (χ0v) is 14.7. The van der Waals surface area contributed by atoms with Crippen molar-refractivity contribution >= 4 is 5.82 Å². The van der Waals surface area contributed by atoms with Crippen molar-refractivity contribution in [3.8, 4) is 11.5 Å². The SMILES string of the molecule is Cc1noc(-c2cccnc2N2CCCN(C3CCOCC3)CC2)n1. The van der Waals surface area contributed by atoms with Gasteiger partial charge in [0, 0.05) is 51.6 Å². The Kier molecular flexibility index (Phi) is 4.94. The third-order valence-electron chi connectivity index (χ3n) is 5.08. The van der Waals surface area contributed by atoms with E-state index in [0.717, 1.165) is 70.0 Å². The molecule has 0 radical (unpaired) electrons. The molecule has 4 rings (SSSR count). The molecule has 0 aromatic carbocycles. The van der Waals surface area contributed by atoms with Gasteiger partial charge in [-0.15, -0.1) is 0 Å². The van der Waals surface area contributed by atoms with Gasteiger partial charge >= 0.3 is 0 Å². The zero-order chi connectivity index (χ0) is 17.1. The first kappa shape index (κ1) is 16.5. The number of aromatic nitrogens is 3. The third kappa shape index (κ3) is 3.67. The van der Waals surface area contributed by atoms with Gasteiger partial charge in [0.15, 0.2) is 5.82 Å². The molecule has 0 unspecified atom stereocenters. The molecule has 2 aliphatic heterocycles. The van der Waals surface area contributed by atoms with Gasteiger partial charge in [-0.05, 0) is 38.3 Å². The highest BCUT2D eigenvalue weighted by molar-refractivity contribution is 5.69. The van der Waals surface area contributed by atoms with E-state index in [9.17, 15) is 0 Å². The Labute approximate surface area is 148 Å². The van der Waals surface area contributed by atoms with Gasteiger partial charge in [-0.1, -0.05) is 5.16 Å². The summed E-state index contributed by atoms with van der Waals surface area (Å²) in [6.45, 7) is 7.79. The summed E-state index contributed by atoms with van der Waals surface area (Å²) in [5, 5.41) is 3.92. The van der Waals surface area contributed by atoms with E-state index in [4.69, 9.17) is 9.26 Å². The lowest BCUT2D eigenvalue weighted by atomic mass is 10.1. The molecule has 7 heteroatoms. The topological polar surface area (TPSA) is 67.5 Å². The van der Waals surface area contributed by atoms with Gasteiger partial charge in [-0.2, -0.15) is 4.98 Å². The summed E-state index contributed by atoms with van der Waals surface area (Å²) in [7, 11) is 0. The van der Waals surface area contributed by atoms with E-state index in [-0.39, 0.29) is 0 Å². The molecule has 25 heavy (non-hydrogen) atoms. The first-order valence-corrected chi connectivity index (χ1v) is 9.14. The van der Waals surface area contributed by atoms with Gasteiger partial charge in [0.25, 0.3) is 5.89 Å². The Balaban J connectivity index is 1.51. The van der Waals surface area contributed by atoms with Crippen molar-refractivity contribution in [3.05, 3.63) is 24.2 Å². The number of pyridine rings is 1. The highest BCUT2D eigenvalue weighted by Crippen LogP contribution is 2.28. The number of aryl methyl sites for hydroxylation is 1. The fraction of sp³-hybridized carbons (Fsp3) is 0.611. The normalized spacial score (nSPS) is 20.6. The molecular weight excluding hydrogens is 318 g/mol. The summed E-state index contributed by atoms with van der Waals surface area (Å²) in [5.74, 6) is 2.14. The average Bonchev–Trinajstić information content (AvgIpc) is 2.94. The second-order valence-corrected chi connectivity index (χ2v) is 6.74. The fourth-order valence-corrected chi connectivity index (χ4v) is 3.79. The maximum atomic E-state index is 5.51. The summed E-state index contributed by atoms with van der Waals surface area (Å²) in [6.07, 6.45) is 5.27. The van der Waals surface area contributed by atoms with Crippen LogP contribution in [0, 0.1) is 6.92 Å². The minimum Gasteiger partial charge on any atom is -0.381 e. The van der Waals surface area contributed by atoms with Crippen LogP contribution in [0.15, 0.2) is 22.9 Å². The van der Waals surface area contributed by atoms with Gasteiger partial charge < -0.3 is 14.2 Å². The average molecular weight is 343 g/mol. The first-order valence-electron chi connectivity index (χ1n) is 9.14. The summed E-state index contributed by atoms with van der Waals surface area (Å²) >= 11 is 0. The Morgan fingerprint density at radius 3 is 2.80 bits per heavy atom. The van der Waals surface area contributed by atoms with Crippen LogP contribution in [-0.4, -0.2) is 65.5 Å². The maximum absolute atomic E-state index is 5.51. The number of rotatable bonds is 3. The molecule has 0 aliphatic carbocycles. The van der Waals surface area contributed by atoms with E-state index in [0.29, 0.717) is 17.8 Å². The molecule has 7 nitrogen and oxygen atoms in total. The van der Waals surface area contributed by atoms with Crippen LogP contribution in [0.1, 0.15) is 25.1 Å². The van der Waals surface area contributed by atoms with E-state index in [1.165, 1.54) is 0 Å². The van der Waals surface area contributed by atoms with Crippen LogP contribution in [0.4, 0.5) is 5.82 Å². The molecule has 2 aromatic rings. The third-order valence-corrected chi connectivity index (χ3v) is 5.08. The Bertz CT molecular complexity index is 698. The van der Waals surface area contributed by atoms with Crippen LogP contribution in [-0.2, 0) is 4.74 Å². The van der Waals surface area contributed by atoms with Crippen LogP contribution in [0.3, 0.4) is 0 Å². The van der Waals surface area contributed by atoms with E-state index in [1.807, 2.05) is 25.3 Å². The van der Waals surface area contributed by atoms with E-state index < -0.39 is 0 Å². The monoisotopic (exact) mass is 343 g/mol. The van der Waals surface area contributed by atoms with Crippen molar-refractivity contribution in [2.45, 2.75) is 32.2 Å². The van der Waals surface area contributed by atoms with Crippen LogP contribution >= 0.6 is 0 Å². The Morgan fingerprint density at radius 1 is 1.12 bits per heavy atom. The lowest BCUT2D eigenvalue weighted by molar-refractivity contribution is 0.0365. The Hall–Kier alpha value is -1.99. The van der Waals surface area contributed by atoms with Crippen molar-refractivity contribution in [3.63, 3.8) is 0 Å². The minimum absolute atomic E-state index is 0.547. The molecule has 0 N–H and O–H groups in total. The van der Waals surface area contributed by atoms with Crippen molar-refractivity contribution in [1.29, 1.82) is 0 Å². The van der Waals surface area contributed by atoms with Gasteiger partial charge in [-0.25, -0.2) is 4.98 Å². The lowest BCUT2D eigenvalue weighted by Crippen LogP contribution is -2.41. The van der Waals surface area contributed by atoms with Crippen molar-refractivity contribution in [2.75, 3.05) is 44.3 Å². The predicted molar refractivity (Wildman–Crippen MR) is 94.5 cm³/mol. The fourth-order valence-electron chi connectivity index (χ4n) is 3.79. The van der Waals surface area contributed by atoms with Crippen LogP contribution < -0.4 is 4.90 Å². The lowest BCUT2D eigenvalue weighted by Gasteiger charge is -2.33. The minimum atomic E-state index is 0.547. The molecule has 0 saturated carbocycles. The summed E-state index contributed by atoms with van der Waals surface area (Å²) in [6, 6.07) is 4.59. The van der Waals surface area contributed by atoms with Crippen LogP contribution in [0.25, 0.3) is 11.5 Å². The van der Waals surface area contributed by atoms with Crippen molar-refractivity contribution in [2.24, 2.45) is 0 Å². The molecule has 134 valence electrons. The van der Waals surface area contributed by atoms with Crippen molar-refractivity contribution < 1.29 is 9.26 Å². The number of nitrogens with zero attached hydrogens (tertiary/aromatic N) is 5. The highest BCUT2D eigenvalue weighted by atomic mass is 16.5. The predicted octanol–water partition coefficient (Wildman–Crippen LogP) is 2.13. The van der Waals surface area contributed by atoms with Crippen LogP contribution in [0.2, 0.25) is 0 Å². The molecule has 2 aliphatic rings. The van der Waals surface area contributed by atoms with Gasteiger partial charge in [0.05, 0.1) is 5.56 Å². The molecule has 2 aromatic heterocycles. The van der Waals surface area contributed by atoms with Crippen LogP contribution in [0.5, 0.6) is 0 Å². The molecule has 2 fully saturated rings. The highest BCUT2D eigenvalue weighted by Gasteiger charge is 2.26. The number of ether oxygens (including phenoxy) is 1. The number of hydrogen-bond donors (Lipinski definition) is 0. The maximum Gasteiger partial charge on any atom is 0.261 e. The second-order valence-electron chi connectivity index (χ2n) is 6.74. The number of anilines is 1. The zero-order valence-electron chi connectivity index (χ0n) is 14.7. The standard InChI is InChI=1S/C18H25N5O2/c1-14-20-18(25-21-14)16-4-2-7-19-17(16)23-9-3-8-22(10-11-23)15-5-12-24-13-6-15/h2,4,7,15H,3,5-6,8-13H2,1H3. The molecule has 0 amide bonds. The summed E-state index contributed by atoms with van der Waals surface area (Å²) < 4.78 is 10.9. The van der Waals surface area contributed by atoms with Gasteiger partial charge in [-0.3, -0.25) is 4.90 Å². The summed E-state index contributed by atoms with van der Waals surface area (Å²) in [4.78, 5) is 14.0. The van der Waals surface area contributed by atoms with Gasteiger partial charge in [0.2, 0.25) is 0 Å². The Morgan fingerprint density at radius 2 is 2.00 bits per heavy atom. The smallest absolute Gasteiger partial charge is 0.261 e. The summed E-state index contributed by atoms with van der Waals surface area (Å²) in [5.41, 5.74) is 0.919. The van der Waals surface area contributed by atoms with E-state index in [2.05, 4.69) is 24.9 Å². The second kappa shape index (κ2) is 7.49.